The Hall–Kier alpha value is -2.04. The Morgan fingerprint density at radius 3 is 2.65 bits per heavy atom. The number of carbonyl (C=O) groups is 2. The summed E-state index contributed by atoms with van der Waals surface area (Å²) in [5.41, 5.74) is 0.241. The van der Waals surface area contributed by atoms with Gasteiger partial charge in [-0.3, -0.25) is 9.59 Å². The van der Waals surface area contributed by atoms with Crippen LogP contribution in [0.3, 0.4) is 0 Å². The first kappa shape index (κ1) is 11.4. The first-order valence-corrected chi connectivity index (χ1v) is 5.41. The highest BCUT2D eigenvalue weighted by Crippen LogP contribution is 2.18. The number of benzene rings is 1. The quantitative estimate of drug-likeness (QED) is 0.760. The first-order chi connectivity index (χ1) is 8.09. The second-order valence-corrected chi connectivity index (χ2v) is 4.06. The Balaban J connectivity index is 2.16. The minimum absolute atomic E-state index is 0.0520. The van der Waals surface area contributed by atoms with E-state index in [4.69, 9.17) is 0 Å². The number of phenolic OH excluding ortho intramolecular Hbond substituents is 1. The SMILES string of the molecule is CN1CCN(C(=O)c2ccccc2O)CC1=O. The Bertz CT molecular complexity index is 459. The number of hydrogen-bond acceptors (Lipinski definition) is 3. The van der Waals surface area contributed by atoms with Crippen LogP contribution in [0.15, 0.2) is 24.3 Å². The van der Waals surface area contributed by atoms with Crippen molar-refractivity contribution in [3.63, 3.8) is 0 Å². The largest absolute Gasteiger partial charge is 0.507 e. The third-order valence-electron chi connectivity index (χ3n) is 2.88. The van der Waals surface area contributed by atoms with E-state index in [9.17, 15) is 14.7 Å². The molecule has 1 aromatic carbocycles. The topological polar surface area (TPSA) is 60.9 Å². The average Bonchev–Trinajstić information content (AvgIpc) is 2.32. The lowest BCUT2D eigenvalue weighted by Gasteiger charge is -2.32. The molecule has 0 aliphatic carbocycles. The van der Waals surface area contributed by atoms with Crippen LogP contribution in [0.1, 0.15) is 10.4 Å². The van der Waals surface area contributed by atoms with Gasteiger partial charge in [-0.2, -0.15) is 0 Å². The third kappa shape index (κ3) is 2.22. The van der Waals surface area contributed by atoms with Crippen LogP contribution in [-0.2, 0) is 4.79 Å². The highest BCUT2D eigenvalue weighted by molar-refractivity contribution is 5.99. The number of aromatic hydroxyl groups is 1. The molecule has 1 heterocycles. The molecule has 1 N–H and O–H groups in total. The van der Waals surface area contributed by atoms with Crippen molar-refractivity contribution in [3.8, 4) is 5.75 Å². The molecule has 5 heteroatoms. The average molecular weight is 234 g/mol. The van der Waals surface area contributed by atoms with Crippen molar-refractivity contribution in [2.45, 2.75) is 0 Å². The predicted molar refractivity (Wildman–Crippen MR) is 61.6 cm³/mol. The van der Waals surface area contributed by atoms with Gasteiger partial charge in [0.25, 0.3) is 5.91 Å². The van der Waals surface area contributed by atoms with Crippen LogP contribution in [-0.4, -0.2) is 53.4 Å². The van der Waals surface area contributed by atoms with Crippen LogP contribution in [0.2, 0.25) is 0 Å². The number of phenols is 1. The Morgan fingerprint density at radius 1 is 1.29 bits per heavy atom. The Kier molecular flexibility index (Phi) is 2.99. The molecule has 0 radical (unpaired) electrons. The number of piperazine rings is 1. The third-order valence-corrected chi connectivity index (χ3v) is 2.88. The summed E-state index contributed by atoms with van der Waals surface area (Å²) in [7, 11) is 1.71. The second-order valence-electron chi connectivity index (χ2n) is 4.06. The van der Waals surface area contributed by atoms with Gasteiger partial charge in [-0.05, 0) is 12.1 Å². The Morgan fingerprint density at radius 2 is 2.00 bits per heavy atom. The monoisotopic (exact) mass is 234 g/mol. The number of carbonyl (C=O) groups excluding carboxylic acids is 2. The number of amides is 2. The van der Waals surface area contributed by atoms with Crippen molar-refractivity contribution in [1.82, 2.24) is 9.80 Å². The Labute approximate surface area is 99.3 Å². The van der Waals surface area contributed by atoms with Gasteiger partial charge in [0.15, 0.2) is 0 Å². The van der Waals surface area contributed by atoms with Gasteiger partial charge < -0.3 is 14.9 Å². The molecule has 1 aliphatic rings. The molecular formula is C12H14N2O3. The van der Waals surface area contributed by atoms with Crippen molar-refractivity contribution in [2.75, 3.05) is 26.7 Å². The lowest BCUT2D eigenvalue weighted by atomic mass is 10.1. The summed E-state index contributed by atoms with van der Waals surface area (Å²) in [5, 5.41) is 9.59. The number of likely N-dealkylation sites (N-methyl/N-ethyl adjacent to an activating group) is 1. The van der Waals surface area contributed by atoms with Gasteiger partial charge in [0.1, 0.15) is 12.3 Å². The molecule has 0 aromatic heterocycles. The lowest BCUT2D eigenvalue weighted by molar-refractivity contribution is -0.133. The summed E-state index contributed by atoms with van der Waals surface area (Å²) >= 11 is 0. The van der Waals surface area contributed by atoms with Crippen molar-refractivity contribution < 1.29 is 14.7 Å². The molecule has 0 bridgehead atoms. The van der Waals surface area contributed by atoms with E-state index in [1.807, 2.05) is 0 Å². The molecule has 1 aliphatic heterocycles. The fourth-order valence-electron chi connectivity index (χ4n) is 1.76. The molecule has 1 saturated heterocycles. The molecule has 0 atom stereocenters. The zero-order chi connectivity index (χ0) is 12.4. The van der Waals surface area contributed by atoms with Crippen LogP contribution in [0.25, 0.3) is 0 Å². The van der Waals surface area contributed by atoms with E-state index < -0.39 is 0 Å². The molecule has 1 fully saturated rings. The molecule has 2 rings (SSSR count). The maximum atomic E-state index is 12.1. The molecule has 5 nitrogen and oxygen atoms in total. The smallest absolute Gasteiger partial charge is 0.258 e. The van der Waals surface area contributed by atoms with E-state index in [2.05, 4.69) is 0 Å². The highest BCUT2D eigenvalue weighted by atomic mass is 16.3. The predicted octanol–water partition coefficient (Wildman–Crippen LogP) is 0.306. The van der Waals surface area contributed by atoms with Gasteiger partial charge in [-0.25, -0.2) is 0 Å². The van der Waals surface area contributed by atoms with Crippen molar-refractivity contribution in [1.29, 1.82) is 0 Å². The molecule has 0 unspecified atom stereocenters. The summed E-state index contributed by atoms with van der Waals surface area (Å²) in [6.45, 7) is 1.09. The number of rotatable bonds is 1. The van der Waals surface area contributed by atoms with Crippen LogP contribution >= 0.6 is 0 Å². The first-order valence-electron chi connectivity index (χ1n) is 5.41. The fourth-order valence-corrected chi connectivity index (χ4v) is 1.76. The van der Waals surface area contributed by atoms with Gasteiger partial charge in [-0.1, -0.05) is 12.1 Å². The summed E-state index contributed by atoms with van der Waals surface area (Å²) < 4.78 is 0. The molecule has 0 saturated carbocycles. The maximum Gasteiger partial charge on any atom is 0.258 e. The summed E-state index contributed by atoms with van der Waals surface area (Å²) in [4.78, 5) is 26.6. The second kappa shape index (κ2) is 4.45. The molecule has 0 spiro atoms. The molecule has 1 aromatic rings. The van der Waals surface area contributed by atoms with E-state index in [-0.39, 0.29) is 29.7 Å². The molecule has 17 heavy (non-hydrogen) atoms. The zero-order valence-electron chi connectivity index (χ0n) is 9.59. The summed E-state index contributed by atoms with van der Waals surface area (Å²) in [6.07, 6.45) is 0. The van der Waals surface area contributed by atoms with Crippen LogP contribution in [0, 0.1) is 0 Å². The normalized spacial score (nSPS) is 16.2. The van der Waals surface area contributed by atoms with Crippen molar-refractivity contribution in [2.24, 2.45) is 0 Å². The number of para-hydroxylation sites is 1. The van der Waals surface area contributed by atoms with Crippen molar-refractivity contribution >= 4 is 11.8 Å². The minimum atomic E-state index is -0.301. The molecule has 2 amide bonds. The molecule has 90 valence electrons. The van der Waals surface area contributed by atoms with Gasteiger partial charge >= 0.3 is 0 Å². The summed E-state index contributed by atoms with van der Waals surface area (Å²) in [5.74, 6) is -0.437. The maximum absolute atomic E-state index is 12.1. The van der Waals surface area contributed by atoms with E-state index in [0.29, 0.717) is 13.1 Å². The van der Waals surface area contributed by atoms with Crippen LogP contribution in [0.5, 0.6) is 5.75 Å². The van der Waals surface area contributed by atoms with E-state index >= 15 is 0 Å². The standard InChI is InChI=1S/C12H14N2O3/c1-13-6-7-14(8-11(13)16)12(17)9-4-2-3-5-10(9)15/h2-5,15H,6-8H2,1H3. The number of nitrogens with zero attached hydrogens (tertiary/aromatic N) is 2. The van der Waals surface area contributed by atoms with Crippen LogP contribution in [0.4, 0.5) is 0 Å². The van der Waals surface area contributed by atoms with Gasteiger partial charge in [-0.15, -0.1) is 0 Å². The van der Waals surface area contributed by atoms with E-state index in [0.717, 1.165) is 0 Å². The zero-order valence-corrected chi connectivity index (χ0v) is 9.59. The molecular weight excluding hydrogens is 220 g/mol. The van der Waals surface area contributed by atoms with Crippen molar-refractivity contribution in [3.05, 3.63) is 29.8 Å². The van der Waals surface area contributed by atoms with Crippen LogP contribution < -0.4 is 0 Å². The highest BCUT2D eigenvalue weighted by Gasteiger charge is 2.26. The van der Waals surface area contributed by atoms with Gasteiger partial charge in [0.05, 0.1) is 5.56 Å². The summed E-state index contributed by atoms with van der Waals surface area (Å²) in [6, 6.07) is 6.36. The van der Waals surface area contributed by atoms with E-state index in [1.165, 1.54) is 11.0 Å². The van der Waals surface area contributed by atoms with Gasteiger partial charge in [0, 0.05) is 20.1 Å². The van der Waals surface area contributed by atoms with E-state index in [1.54, 1.807) is 30.1 Å². The fraction of sp³-hybridized carbons (Fsp3) is 0.333. The lowest BCUT2D eigenvalue weighted by Crippen LogP contribution is -2.50. The minimum Gasteiger partial charge on any atom is -0.507 e. The number of hydrogen-bond donors (Lipinski definition) is 1. The van der Waals surface area contributed by atoms with Gasteiger partial charge in [0.2, 0.25) is 5.91 Å².